The van der Waals surface area contributed by atoms with Crippen molar-refractivity contribution in [2.45, 2.75) is 33.2 Å². The fourth-order valence-electron chi connectivity index (χ4n) is 1.54. The van der Waals surface area contributed by atoms with Crippen LogP contribution in [0.25, 0.3) is 0 Å². The highest BCUT2D eigenvalue weighted by Gasteiger charge is 2.11. The molecule has 0 radical (unpaired) electrons. The first kappa shape index (κ1) is 10.7. The SMILES string of the molecule is CNC(CC(C)C)c1csc(C)c1. The van der Waals surface area contributed by atoms with Crippen molar-refractivity contribution >= 4 is 11.3 Å². The minimum Gasteiger partial charge on any atom is -0.313 e. The molecule has 0 saturated heterocycles. The van der Waals surface area contributed by atoms with Crippen LogP contribution in [0.4, 0.5) is 0 Å². The van der Waals surface area contributed by atoms with E-state index < -0.39 is 0 Å². The minimum atomic E-state index is 0.532. The van der Waals surface area contributed by atoms with E-state index in [0.29, 0.717) is 6.04 Å². The average Bonchev–Trinajstić information content (AvgIpc) is 2.47. The van der Waals surface area contributed by atoms with Gasteiger partial charge in [-0.25, -0.2) is 0 Å². The molecule has 1 rings (SSSR count). The average molecular weight is 197 g/mol. The molecule has 0 saturated carbocycles. The summed E-state index contributed by atoms with van der Waals surface area (Å²) in [7, 11) is 2.04. The van der Waals surface area contributed by atoms with Gasteiger partial charge in [0.15, 0.2) is 0 Å². The van der Waals surface area contributed by atoms with Crippen LogP contribution in [0.5, 0.6) is 0 Å². The molecule has 1 nitrogen and oxygen atoms in total. The van der Waals surface area contributed by atoms with Crippen LogP contribution in [0.15, 0.2) is 11.4 Å². The summed E-state index contributed by atoms with van der Waals surface area (Å²) in [5.74, 6) is 0.748. The predicted octanol–water partition coefficient (Wildman–Crippen LogP) is 3.36. The first-order valence-electron chi connectivity index (χ1n) is 4.85. The van der Waals surface area contributed by atoms with E-state index in [2.05, 4.69) is 37.5 Å². The second-order valence-electron chi connectivity index (χ2n) is 3.96. The second-order valence-corrected chi connectivity index (χ2v) is 5.08. The van der Waals surface area contributed by atoms with Gasteiger partial charge in [-0.15, -0.1) is 11.3 Å². The van der Waals surface area contributed by atoms with Crippen LogP contribution in [0.3, 0.4) is 0 Å². The lowest BCUT2D eigenvalue weighted by atomic mass is 9.99. The number of aryl methyl sites for hydroxylation is 1. The zero-order chi connectivity index (χ0) is 9.84. The molecule has 2 heteroatoms. The quantitative estimate of drug-likeness (QED) is 0.780. The van der Waals surface area contributed by atoms with Gasteiger partial charge in [-0.1, -0.05) is 13.8 Å². The van der Waals surface area contributed by atoms with E-state index in [1.54, 1.807) is 0 Å². The Hall–Kier alpha value is -0.340. The van der Waals surface area contributed by atoms with Crippen LogP contribution in [0, 0.1) is 12.8 Å². The van der Waals surface area contributed by atoms with Gasteiger partial charge in [0.2, 0.25) is 0 Å². The summed E-state index contributed by atoms with van der Waals surface area (Å²) < 4.78 is 0. The largest absolute Gasteiger partial charge is 0.313 e. The van der Waals surface area contributed by atoms with E-state index in [1.165, 1.54) is 16.9 Å². The number of hydrogen-bond acceptors (Lipinski definition) is 2. The molecule has 1 atom stereocenters. The topological polar surface area (TPSA) is 12.0 Å². The summed E-state index contributed by atoms with van der Waals surface area (Å²) in [5, 5.41) is 5.63. The molecule has 1 N–H and O–H groups in total. The minimum absolute atomic E-state index is 0.532. The number of rotatable bonds is 4. The van der Waals surface area contributed by atoms with Crippen molar-refractivity contribution in [1.82, 2.24) is 5.32 Å². The van der Waals surface area contributed by atoms with Gasteiger partial charge in [-0.3, -0.25) is 0 Å². The van der Waals surface area contributed by atoms with Crippen LogP contribution in [0.2, 0.25) is 0 Å². The van der Waals surface area contributed by atoms with E-state index >= 15 is 0 Å². The lowest BCUT2D eigenvalue weighted by Crippen LogP contribution is -2.17. The summed E-state index contributed by atoms with van der Waals surface area (Å²) in [5.41, 5.74) is 1.44. The monoisotopic (exact) mass is 197 g/mol. The molecule has 0 aliphatic heterocycles. The fourth-order valence-corrected chi connectivity index (χ4v) is 2.30. The molecular formula is C11H19NS. The maximum atomic E-state index is 3.37. The maximum absolute atomic E-state index is 3.37. The van der Waals surface area contributed by atoms with Gasteiger partial charge in [0.1, 0.15) is 0 Å². The Kier molecular flexibility index (Phi) is 3.94. The van der Waals surface area contributed by atoms with Crippen molar-refractivity contribution in [1.29, 1.82) is 0 Å². The second kappa shape index (κ2) is 4.77. The molecule has 1 unspecified atom stereocenters. The van der Waals surface area contributed by atoms with E-state index in [1.807, 2.05) is 18.4 Å². The van der Waals surface area contributed by atoms with Crippen LogP contribution >= 0.6 is 11.3 Å². The summed E-state index contributed by atoms with van der Waals surface area (Å²) in [4.78, 5) is 1.40. The zero-order valence-corrected chi connectivity index (χ0v) is 9.74. The summed E-state index contributed by atoms with van der Waals surface area (Å²) in [6, 6.07) is 2.82. The third-order valence-electron chi connectivity index (χ3n) is 2.21. The molecule has 0 aliphatic rings. The van der Waals surface area contributed by atoms with Crippen molar-refractivity contribution in [3.63, 3.8) is 0 Å². The molecule has 1 aromatic heterocycles. The smallest absolute Gasteiger partial charge is 0.0328 e. The number of hydrogen-bond donors (Lipinski definition) is 1. The molecule has 74 valence electrons. The zero-order valence-electron chi connectivity index (χ0n) is 8.92. The molecule has 0 spiro atoms. The van der Waals surface area contributed by atoms with E-state index in [4.69, 9.17) is 0 Å². The normalized spacial score (nSPS) is 13.6. The summed E-state index contributed by atoms with van der Waals surface area (Å²) in [6.07, 6.45) is 1.21. The van der Waals surface area contributed by atoms with Crippen molar-refractivity contribution in [3.8, 4) is 0 Å². The first-order valence-corrected chi connectivity index (χ1v) is 5.73. The van der Waals surface area contributed by atoms with Gasteiger partial charge in [0, 0.05) is 10.9 Å². The lowest BCUT2D eigenvalue weighted by Gasteiger charge is -2.16. The summed E-state index contributed by atoms with van der Waals surface area (Å²) in [6.45, 7) is 6.70. The highest BCUT2D eigenvalue weighted by molar-refractivity contribution is 7.10. The van der Waals surface area contributed by atoms with Gasteiger partial charge in [-0.2, -0.15) is 0 Å². The molecule has 0 amide bonds. The molecule has 13 heavy (non-hydrogen) atoms. The third-order valence-corrected chi connectivity index (χ3v) is 3.09. The van der Waals surface area contributed by atoms with Gasteiger partial charge in [0.05, 0.1) is 0 Å². The van der Waals surface area contributed by atoms with Gasteiger partial charge in [-0.05, 0) is 43.3 Å². The summed E-state index contributed by atoms with van der Waals surface area (Å²) >= 11 is 1.84. The predicted molar refractivity (Wildman–Crippen MR) is 60.3 cm³/mol. The van der Waals surface area contributed by atoms with Crippen molar-refractivity contribution in [2.24, 2.45) is 5.92 Å². The van der Waals surface area contributed by atoms with Crippen molar-refractivity contribution in [2.75, 3.05) is 7.05 Å². The van der Waals surface area contributed by atoms with Crippen LogP contribution in [-0.2, 0) is 0 Å². The molecule has 1 aromatic rings. The maximum Gasteiger partial charge on any atom is 0.0328 e. The molecule has 0 bridgehead atoms. The molecule has 0 aliphatic carbocycles. The Morgan fingerprint density at radius 2 is 2.15 bits per heavy atom. The van der Waals surface area contributed by atoms with E-state index in [0.717, 1.165) is 5.92 Å². The Balaban J connectivity index is 2.66. The van der Waals surface area contributed by atoms with Crippen LogP contribution < -0.4 is 5.32 Å². The van der Waals surface area contributed by atoms with Crippen molar-refractivity contribution in [3.05, 3.63) is 21.9 Å². The van der Waals surface area contributed by atoms with Gasteiger partial charge in [0.25, 0.3) is 0 Å². The van der Waals surface area contributed by atoms with Gasteiger partial charge >= 0.3 is 0 Å². The standard InChI is InChI=1S/C11H19NS/c1-8(2)5-11(12-4)10-6-9(3)13-7-10/h6-8,11-12H,5H2,1-4H3. The number of thiophene rings is 1. The fraction of sp³-hybridized carbons (Fsp3) is 0.636. The molecule has 1 heterocycles. The Morgan fingerprint density at radius 1 is 1.46 bits per heavy atom. The third kappa shape index (κ3) is 3.12. The Morgan fingerprint density at radius 3 is 2.54 bits per heavy atom. The van der Waals surface area contributed by atoms with Crippen LogP contribution in [0.1, 0.15) is 36.8 Å². The number of nitrogens with one attached hydrogen (secondary N) is 1. The highest BCUT2D eigenvalue weighted by atomic mass is 32.1. The Labute approximate surface area is 85.2 Å². The lowest BCUT2D eigenvalue weighted by molar-refractivity contribution is 0.457. The molecular weight excluding hydrogens is 178 g/mol. The van der Waals surface area contributed by atoms with Crippen molar-refractivity contribution < 1.29 is 0 Å². The molecule has 0 aromatic carbocycles. The van der Waals surface area contributed by atoms with E-state index in [9.17, 15) is 0 Å². The van der Waals surface area contributed by atoms with Crippen LogP contribution in [-0.4, -0.2) is 7.05 Å². The van der Waals surface area contributed by atoms with Gasteiger partial charge < -0.3 is 5.32 Å². The van der Waals surface area contributed by atoms with E-state index in [-0.39, 0.29) is 0 Å². The first-order chi connectivity index (χ1) is 6.13. The highest BCUT2D eigenvalue weighted by Crippen LogP contribution is 2.24. The molecule has 0 fully saturated rings. The Bertz CT molecular complexity index is 252.